The minimum atomic E-state index is 0.318. The molecule has 5 heterocycles. The van der Waals surface area contributed by atoms with Crippen LogP contribution in [0.5, 0.6) is 0 Å². The van der Waals surface area contributed by atoms with Crippen LogP contribution in [0.3, 0.4) is 0 Å². The molecule has 0 aromatic carbocycles. The van der Waals surface area contributed by atoms with Crippen molar-refractivity contribution in [1.82, 2.24) is 19.4 Å². The van der Waals surface area contributed by atoms with Crippen LogP contribution in [-0.4, -0.2) is 77.0 Å². The van der Waals surface area contributed by atoms with E-state index < -0.39 is 0 Å². The summed E-state index contributed by atoms with van der Waals surface area (Å²) in [5.41, 5.74) is 2.01. The van der Waals surface area contributed by atoms with Crippen LogP contribution in [0, 0.1) is 0 Å². The summed E-state index contributed by atoms with van der Waals surface area (Å²) in [6, 6.07) is 2.92. The summed E-state index contributed by atoms with van der Waals surface area (Å²) in [5.74, 6) is 1.93. The van der Waals surface area contributed by atoms with Gasteiger partial charge in [0.15, 0.2) is 5.82 Å². The van der Waals surface area contributed by atoms with Gasteiger partial charge in [-0.25, -0.2) is 9.97 Å². The monoisotopic (exact) mass is 390 g/mol. The lowest BCUT2D eigenvalue weighted by Crippen LogP contribution is -2.49. The number of aromatic nitrogens is 3. The first kappa shape index (κ1) is 17.5. The maximum Gasteiger partial charge on any atom is 0.206 e. The quantitative estimate of drug-likeness (QED) is 0.748. The highest BCUT2D eigenvalue weighted by Crippen LogP contribution is 2.37. The number of aryl methyl sites for hydroxylation is 1. The fourth-order valence-corrected chi connectivity index (χ4v) is 4.89. The molecule has 27 heavy (non-hydrogen) atoms. The number of halogens is 1. The second kappa shape index (κ2) is 6.50. The number of anilines is 2. The molecule has 3 aliphatic heterocycles. The van der Waals surface area contributed by atoms with Crippen molar-refractivity contribution in [2.24, 2.45) is 7.05 Å². The van der Waals surface area contributed by atoms with E-state index in [1.165, 1.54) is 0 Å². The molecule has 2 atom stereocenters. The molecule has 0 unspecified atom stereocenters. The van der Waals surface area contributed by atoms with Gasteiger partial charge in [0, 0.05) is 51.9 Å². The van der Waals surface area contributed by atoms with Gasteiger partial charge in [-0.3, -0.25) is 4.90 Å². The molecule has 0 spiro atoms. The van der Waals surface area contributed by atoms with Gasteiger partial charge in [0.2, 0.25) is 5.95 Å². The fourth-order valence-electron chi connectivity index (χ4n) is 4.71. The SMILES string of the molecule is CC(C)N1CCN(c2nc3c(N4C[C@H]5C[C@@H]4CO5)nc(Cl)cc3n2C)CC1. The van der Waals surface area contributed by atoms with E-state index in [0.29, 0.717) is 23.3 Å². The number of hydrogen-bond donors (Lipinski definition) is 0. The summed E-state index contributed by atoms with van der Waals surface area (Å²) >= 11 is 6.39. The molecule has 3 saturated heterocycles. The van der Waals surface area contributed by atoms with Crippen LogP contribution >= 0.6 is 11.6 Å². The number of pyridine rings is 1. The van der Waals surface area contributed by atoms with Crippen LogP contribution in [-0.2, 0) is 11.8 Å². The lowest BCUT2D eigenvalue weighted by molar-refractivity contribution is 0.0990. The topological polar surface area (TPSA) is 49.7 Å². The van der Waals surface area contributed by atoms with Gasteiger partial charge in [-0.05, 0) is 20.3 Å². The Morgan fingerprint density at radius 3 is 2.59 bits per heavy atom. The lowest BCUT2D eigenvalue weighted by atomic mass is 10.2. The first-order valence-electron chi connectivity index (χ1n) is 9.91. The van der Waals surface area contributed by atoms with E-state index in [-0.39, 0.29) is 0 Å². The number of rotatable bonds is 3. The lowest BCUT2D eigenvalue weighted by Gasteiger charge is -2.37. The fraction of sp³-hybridized carbons (Fsp3) is 0.684. The van der Waals surface area contributed by atoms with Gasteiger partial charge in [-0.15, -0.1) is 0 Å². The number of morpholine rings is 1. The molecule has 0 amide bonds. The molecule has 7 nitrogen and oxygen atoms in total. The Balaban J connectivity index is 1.50. The average molecular weight is 391 g/mol. The molecule has 0 saturated carbocycles. The number of imidazole rings is 1. The van der Waals surface area contributed by atoms with Gasteiger partial charge >= 0.3 is 0 Å². The second-order valence-corrected chi connectivity index (χ2v) is 8.61. The van der Waals surface area contributed by atoms with Crippen molar-refractivity contribution in [3.63, 3.8) is 0 Å². The third-order valence-corrected chi connectivity index (χ3v) is 6.49. The molecule has 2 aromatic heterocycles. The minimum Gasteiger partial charge on any atom is -0.374 e. The third-order valence-electron chi connectivity index (χ3n) is 6.30. The molecule has 2 bridgehead atoms. The van der Waals surface area contributed by atoms with E-state index in [1.807, 2.05) is 6.07 Å². The van der Waals surface area contributed by atoms with Crippen LogP contribution in [0.1, 0.15) is 20.3 Å². The van der Waals surface area contributed by atoms with Crippen molar-refractivity contribution in [3.05, 3.63) is 11.2 Å². The maximum atomic E-state index is 6.39. The minimum absolute atomic E-state index is 0.318. The standard InChI is InChI=1S/C19H27ClN6O/c1-12(2)24-4-6-25(7-5-24)19-22-17-15(23(19)3)9-16(20)21-18(17)26-10-14-8-13(26)11-27-14/h9,12-14H,4-8,10-11H2,1-3H3/t13-,14-/m1/s1. The molecule has 0 aliphatic carbocycles. The van der Waals surface area contributed by atoms with Crippen molar-refractivity contribution in [3.8, 4) is 0 Å². The Kier molecular flexibility index (Phi) is 4.22. The van der Waals surface area contributed by atoms with E-state index >= 15 is 0 Å². The van der Waals surface area contributed by atoms with Crippen molar-refractivity contribution < 1.29 is 4.74 Å². The van der Waals surface area contributed by atoms with E-state index in [9.17, 15) is 0 Å². The predicted octanol–water partition coefficient (Wildman–Crippen LogP) is 2.13. The molecular formula is C19H27ClN6O. The van der Waals surface area contributed by atoms with Gasteiger partial charge in [0.05, 0.1) is 24.3 Å². The zero-order valence-corrected chi connectivity index (χ0v) is 17.0. The zero-order valence-electron chi connectivity index (χ0n) is 16.2. The van der Waals surface area contributed by atoms with Gasteiger partial charge in [0.25, 0.3) is 0 Å². The average Bonchev–Trinajstić information content (AvgIpc) is 3.36. The Hall–Kier alpha value is -1.57. The summed E-state index contributed by atoms with van der Waals surface area (Å²) in [6.45, 7) is 10.3. The summed E-state index contributed by atoms with van der Waals surface area (Å²) in [5, 5.41) is 0.528. The van der Waals surface area contributed by atoms with Crippen LogP contribution < -0.4 is 9.80 Å². The first-order valence-corrected chi connectivity index (χ1v) is 10.3. The number of hydrogen-bond acceptors (Lipinski definition) is 6. The molecule has 3 fully saturated rings. The number of nitrogens with zero attached hydrogens (tertiary/aromatic N) is 6. The maximum absolute atomic E-state index is 6.39. The molecular weight excluding hydrogens is 364 g/mol. The van der Waals surface area contributed by atoms with E-state index in [2.05, 4.69) is 45.1 Å². The van der Waals surface area contributed by atoms with Crippen LogP contribution in [0.2, 0.25) is 5.15 Å². The van der Waals surface area contributed by atoms with Crippen molar-refractivity contribution >= 4 is 34.4 Å². The molecule has 5 rings (SSSR count). The van der Waals surface area contributed by atoms with E-state index in [4.69, 9.17) is 21.3 Å². The summed E-state index contributed by atoms with van der Waals surface area (Å²) in [7, 11) is 2.08. The highest BCUT2D eigenvalue weighted by Gasteiger charge is 2.41. The highest BCUT2D eigenvalue weighted by molar-refractivity contribution is 6.30. The molecule has 146 valence electrons. The Labute approximate surface area is 164 Å². The molecule has 0 radical (unpaired) electrons. The van der Waals surface area contributed by atoms with Crippen molar-refractivity contribution in [1.29, 1.82) is 0 Å². The van der Waals surface area contributed by atoms with Gasteiger partial charge in [0.1, 0.15) is 10.7 Å². The number of fused-ring (bicyclic) bond motifs is 3. The number of ether oxygens (including phenoxy) is 1. The summed E-state index contributed by atoms with van der Waals surface area (Å²) in [6.07, 6.45) is 1.39. The predicted molar refractivity (Wildman–Crippen MR) is 108 cm³/mol. The van der Waals surface area contributed by atoms with Crippen LogP contribution in [0.4, 0.5) is 11.8 Å². The largest absolute Gasteiger partial charge is 0.374 e. The van der Waals surface area contributed by atoms with E-state index in [1.54, 1.807) is 0 Å². The normalized spacial score (nSPS) is 26.1. The second-order valence-electron chi connectivity index (χ2n) is 8.22. The molecule has 8 heteroatoms. The zero-order chi connectivity index (χ0) is 18.7. The van der Waals surface area contributed by atoms with Gasteiger partial charge in [-0.1, -0.05) is 11.6 Å². The molecule has 3 aliphatic rings. The van der Waals surface area contributed by atoms with Crippen LogP contribution in [0.15, 0.2) is 6.07 Å². The van der Waals surface area contributed by atoms with Gasteiger partial charge < -0.3 is 19.1 Å². The first-order chi connectivity index (χ1) is 13.0. The Bertz CT molecular complexity index is 859. The Morgan fingerprint density at radius 1 is 1.19 bits per heavy atom. The third kappa shape index (κ3) is 2.87. The van der Waals surface area contributed by atoms with Crippen LogP contribution in [0.25, 0.3) is 11.0 Å². The smallest absolute Gasteiger partial charge is 0.206 e. The Morgan fingerprint density at radius 2 is 1.96 bits per heavy atom. The molecule has 2 aromatic rings. The summed E-state index contributed by atoms with van der Waals surface area (Å²) in [4.78, 5) is 17.0. The van der Waals surface area contributed by atoms with Crippen molar-refractivity contribution in [2.75, 3.05) is 49.1 Å². The highest BCUT2D eigenvalue weighted by atomic mass is 35.5. The van der Waals surface area contributed by atoms with Crippen molar-refractivity contribution in [2.45, 2.75) is 38.5 Å². The van der Waals surface area contributed by atoms with Gasteiger partial charge in [-0.2, -0.15) is 0 Å². The van der Waals surface area contributed by atoms with E-state index in [0.717, 1.165) is 68.6 Å². The number of piperazine rings is 1. The molecule has 0 N–H and O–H groups in total. The summed E-state index contributed by atoms with van der Waals surface area (Å²) < 4.78 is 7.93.